The first-order chi connectivity index (χ1) is 16.4. The molecule has 1 aliphatic rings. The van der Waals surface area contributed by atoms with E-state index in [1.54, 1.807) is 11.8 Å². The Morgan fingerprint density at radius 1 is 0.971 bits per heavy atom. The van der Waals surface area contributed by atoms with Crippen LogP contribution in [0.3, 0.4) is 0 Å². The summed E-state index contributed by atoms with van der Waals surface area (Å²) in [4.78, 5) is 41.7. The summed E-state index contributed by atoms with van der Waals surface area (Å²) in [6.45, 7) is 6.29. The number of carbonyl (C=O) groups excluding carboxylic acids is 3. The summed E-state index contributed by atoms with van der Waals surface area (Å²) in [7, 11) is 0. The molecule has 0 saturated carbocycles. The Balaban J connectivity index is 1.82. The van der Waals surface area contributed by atoms with E-state index in [4.69, 9.17) is 9.47 Å². The molecule has 0 aromatic heterocycles. The molecule has 0 bridgehead atoms. The number of nitrogens with zero attached hydrogens (tertiary/aromatic N) is 1. The summed E-state index contributed by atoms with van der Waals surface area (Å²) >= 11 is 0. The number of esters is 2. The molecule has 182 valence electrons. The molecule has 1 aliphatic heterocycles. The average molecular weight is 466 g/mol. The van der Waals surface area contributed by atoms with Crippen LogP contribution in [0.15, 0.2) is 60.7 Å². The lowest BCUT2D eigenvalue weighted by molar-refractivity contribution is -0.169. The van der Waals surface area contributed by atoms with Crippen LogP contribution in [0, 0.1) is 11.3 Å². The van der Waals surface area contributed by atoms with E-state index in [2.05, 4.69) is 0 Å². The first kappa shape index (κ1) is 25.5. The number of carbonyl (C=O) groups is 3. The lowest BCUT2D eigenvalue weighted by atomic mass is 9.73. The third kappa shape index (κ3) is 5.49. The van der Waals surface area contributed by atoms with Crippen molar-refractivity contribution in [2.45, 2.75) is 59.1 Å². The first-order valence-corrected chi connectivity index (χ1v) is 12.2. The van der Waals surface area contributed by atoms with Gasteiger partial charge in [-0.15, -0.1) is 0 Å². The van der Waals surface area contributed by atoms with Crippen LogP contribution in [-0.2, 0) is 36.9 Å². The van der Waals surface area contributed by atoms with Gasteiger partial charge in [-0.25, -0.2) is 4.79 Å². The van der Waals surface area contributed by atoms with Crippen molar-refractivity contribution in [1.82, 2.24) is 4.90 Å². The van der Waals surface area contributed by atoms with Gasteiger partial charge in [0.05, 0.1) is 6.61 Å². The van der Waals surface area contributed by atoms with Crippen LogP contribution in [0.4, 0.5) is 0 Å². The van der Waals surface area contributed by atoms with E-state index in [1.807, 2.05) is 74.5 Å². The number of hydrogen-bond acceptors (Lipinski definition) is 5. The number of hydrogen-bond donors (Lipinski definition) is 0. The van der Waals surface area contributed by atoms with E-state index in [-0.39, 0.29) is 25.0 Å². The topological polar surface area (TPSA) is 72.9 Å². The normalized spacial score (nSPS) is 19.5. The molecule has 0 spiro atoms. The van der Waals surface area contributed by atoms with E-state index in [0.29, 0.717) is 32.2 Å². The Labute approximate surface area is 202 Å². The van der Waals surface area contributed by atoms with Gasteiger partial charge in [-0.3, -0.25) is 9.59 Å². The van der Waals surface area contributed by atoms with E-state index in [0.717, 1.165) is 11.1 Å². The average Bonchev–Trinajstić information content (AvgIpc) is 3.21. The van der Waals surface area contributed by atoms with Crippen LogP contribution in [0.5, 0.6) is 0 Å². The molecule has 0 aliphatic carbocycles. The molecule has 3 rings (SSSR count). The Morgan fingerprint density at radius 3 is 2.18 bits per heavy atom. The highest BCUT2D eigenvalue weighted by Gasteiger charge is 2.58. The number of likely N-dealkylation sites (tertiary alicyclic amines) is 1. The molecular formula is C28H35NO5. The molecule has 6 heteroatoms. The van der Waals surface area contributed by atoms with E-state index in [9.17, 15) is 14.4 Å². The monoisotopic (exact) mass is 465 g/mol. The van der Waals surface area contributed by atoms with Gasteiger partial charge in [0.15, 0.2) is 5.41 Å². The summed E-state index contributed by atoms with van der Waals surface area (Å²) in [6, 6.07) is 18.5. The van der Waals surface area contributed by atoms with Crippen LogP contribution in [0.1, 0.15) is 51.2 Å². The van der Waals surface area contributed by atoms with Gasteiger partial charge in [0.2, 0.25) is 5.91 Å². The van der Waals surface area contributed by atoms with Crippen molar-refractivity contribution >= 4 is 17.8 Å². The molecule has 2 aromatic carbocycles. The molecule has 0 unspecified atom stereocenters. The molecule has 1 amide bonds. The van der Waals surface area contributed by atoms with Crippen LogP contribution in [0.25, 0.3) is 0 Å². The Morgan fingerprint density at radius 2 is 1.59 bits per heavy atom. The zero-order valence-electron chi connectivity index (χ0n) is 20.4. The summed E-state index contributed by atoms with van der Waals surface area (Å²) in [5, 5.41) is 0. The maximum atomic E-state index is 13.9. The van der Waals surface area contributed by atoms with Crippen LogP contribution in [0.2, 0.25) is 0 Å². The number of rotatable bonds is 11. The number of benzene rings is 2. The van der Waals surface area contributed by atoms with Crippen molar-refractivity contribution in [3.8, 4) is 0 Å². The van der Waals surface area contributed by atoms with E-state index >= 15 is 0 Å². The van der Waals surface area contributed by atoms with Gasteiger partial charge < -0.3 is 14.4 Å². The second-order valence-electron chi connectivity index (χ2n) is 8.88. The van der Waals surface area contributed by atoms with Crippen molar-refractivity contribution in [1.29, 1.82) is 0 Å². The predicted octanol–water partition coefficient (Wildman–Crippen LogP) is 4.56. The lowest BCUT2D eigenvalue weighted by Crippen LogP contribution is -2.50. The van der Waals surface area contributed by atoms with E-state index < -0.39 is 23.4 Å². The molecule has 6 nitrogen and oxygen atoms in total. The molecule has 0 N–H and O–H groups in total. The fraction of sp³-hybridized carbons (Fsp3) is 0.464. The predicted molar refractivity (Wildman–Crippen MR) is 130 cm³/mol. The fourth-order valence-electron chi connectivity index (χ4n) is 4.69. The van der Waals surface area contributed by atoms with Gasteiger partial charge >= 0.3 is 11.9 Å². The molecular weight excluding hydrogens is 430 g/mol. The molecule has 3 atom stereocenters. The minimum absolute atomic E-state index is 0.112. The van der Waals surface area contributed by atoms with Crippen molar-refractivity contribution in [2.24, 2.45) is 11.3 Å². The second kappa shape index (κ2) is 11.8. The molecule has 1 saturated heterocycles. The van der Waals surface area contributed by atoms with Gasteiger partial charge in [0.25, 0.3) is 0 Å². The maximum Gasteiger partial charge on any atom is 0.328 e. The standard InChI is InChI=1S/C28H35NO5/c1-4-21(3)28(27(32)34-20-23-14-10-7-11-15-23)18-19-29(26(28)31)24(25(30)33-5-2)17-16-22-12-8-6-9-13-22/h6-15,21,24H,4-5,16-20H2,1-3H3/t21-,24+,28+/m1/s1. The Kier molecular flexibility index (Phi) is 8.85. The summed E-state index contributed by atoms with van der Waals surface area (Å²) in [6.07, 6.45) is 2.04. The summed E-state index contributed by atoms with van der Waals surface area (Å²) < 4.78 is 11.0. The van der Waals surface area contributed by atoms with Gasteiger partial charge in [-0.05, 0) is 43.2 Å². The quantitative estimate of drug-likeness (QED) is 0.359. The molecule has 1 heterocycles. The third-order valence-electron chi connectivity index (χ3n) is 6.90. The van der Waals surface area contributed by atoms with Crippen molar-refractivity contribution in [3.05, 3.63) is 71.8 Å². The highest BCUT2D eigenvalue weighted by Crippen LogP contribution is 2.43. The molecule has 1 fully saturated rings. The smallest absolute Gasteiger partial charge is 0.328 e. The highest BCUT2D eigenvalue weighted by molar-refractivity contribution is 6.05. The van der Waals surface area contributed by atoms with Gasteiger partial charge in [0, 0.05) is 6.54 Å². The van der Waals surface area contributed by atoms with Crippen molar-refractivity contribution in [2.75, 3.05) is 13.2 Å². The minimum Gasteiger partial charge on any atom is -0.464 e. The summed E-state index contributed by atoms with van der Waals surface area (Å²) in [5.41, 5.74) is 0.657. The molecule has 0 radical (unpaired) electrons. The number of aryl methyl sites for hydroxylation is 1. The zero-order valence-corrected chi connectivity index (χ0v) is 20.4. The Bertz CT molecular complexity index is 961. The van der Waals surface area contributed by atoms with Crippen LogP contribution < -0.4 is 0 Å². The maximum absolute atomic E-state index is 13.9. The van der Waals surface area contributed by atoms with Gasteiger partial charge in [-0.2, -0.15) is 0 Å². The first-order valence-electron chi connectivity index (χ1n) is 12.2. The second-order valence-corrected chi connectivity index (χ2v) is 8.88. The van der Waals surface area contributed by atoms with Crippen LogP contribution >= 0.6 is 0 Å². The molecule has 34 heavy (non-hydrogen) atoms. The highest BCUT2D eigenvalue weighted by atomic mass is 16.5. The van der Waals surface area contributed by atoms with Crippen molar-refractivity contribution < 1.29 is 23.9 Å². The third-order valence-corrected chi connectivity index (χ3v) is 6.90. The van der Waals surface area contributed by atoms with Gasteiger partial charge in [0.1, 0.15) is 12.6 Å². The Hall–Kier alpha value is -3.15. The SMILES string of the molecule is CCOC(=O)[C@H](CCc1ccccc1)N1CC[C@](C(=O)OCc2ccccc2)([C@H](C)CC)C1=O. The largest absolute Gasteiger partial charge is 0.464 e. The lowest BCUT2D eigenvalue weighted by Gasteiger charge is -2.33. The van der Waals surface area contributed by atoms with E-state index in [1.165, 1.54) is 0 Å². The summed E-state index contributed by atoms with van der Waals surface area (Å²) in [5.74, 6) is -1.48. The van der Waals surface area contributed by atoms with Crippen molar-refractivity contribution in [3.63, 3.8) is 0 Å². The van der Waals surface area contributed by atoms with Crippen LogP contribution in [-0.4, -0.2) is 41.9 Å². The zero-order chi connectivity index (χ0) is 24.6. The van der Waals surface area contributed by atoms with Gasteiger partial charge in [-0.1, -0.05) is 80.9 Å². The number of ether oxygens (including phenoxy) is 2. The molecule has 2 aromatic rings. The number of amides is 1. The minimum atomic E-state index is -1.29. The fourth-order valence-corrected chi connectivity index (χ4v) is 4.69.